The molecule has 16 heavy (non-hydrogen) atoms. The fourth-order valence-corrected chi connectivity index (χ4v) is 1.73. The molecular weight excluding hydrogens is 202 g/mol. The van der Waals surface area contributed by atoms with E-state index < -0.39 is 0 Å². The second-order valence-corrected chi connectivity index (χ2v) is 4.57. The highest BCUT2D eigenvalue weighted by Gasteiger charge is 2.13. The first kappa shape index (κ1) is 12.9. The largest absolute Gasteiger partial charge is 0.296 e. The normalized spacial score (nSPS) is 11.0. The van der Waals surface area contributed by atoms with Crippen LogP contribution >= 0.6 is 0 Å². The highest BCUT2D eigenvalue weighted by molar-refractivity contribution is 5.73. The van der Waals surface area contributed by atoms with Crippen LogP contribution in [-0.2, 0) is 13.0 Å². The average molecular weight is 223 g/mol. The minimum absolute atomic E-state index is 0.505. The Morgan fingerprint density at radius 3 is 2.69 bits per heavy atom. The van der Waals surface area contributed by atoms with Gasteiger partial charge < -0.3 is 0 Å². The summed E-state index contributed by atoms with van der Waals surface area (Å²) in [6, 6.07) is 0. The average Bonchev–Trinajstić information content (AvgIpc) is 2.61. The van der Waals surface area contributed by atoms with Crippen LogP contribution in [0.15, 0.2) is 0 Å². The molecule has 0 atom stereocenters. The first-order chi connectivity index (χ1) is 7.69. The molecule has 0 unspecified atom stereocenters. The standard InChI is InChI=1S/C12H21N3O/c1-4-5-6-7-15-12(8-10(2)3)11(9-16)13-14-15/h9-10H,4-8H2,1-3H3. The maximum Gasteiger partial charge on any atom is 0.172 e. The van der Waals surface area contributed by atoms with E-state index in [-0.39, 0.29) is 0 Å². The van der Waals surface area contributed by atoms with Crippen molar-refractivity contribution in [2.45, 2.75) is 53.0 Å². The van der Waals surface area contributed by atoms with Crippen LogP contribution in [0.1, 0.15) is 56.2 Å². The SMILES string of the molecule is CCCCCn1nnc(C=O)c1CC(C)C. The number of hydrogen-bond donors (Lipinski definition) is 0. The lowest BCUT2D eigenvalue weighted by molar-refractivity contribution is 0.111. The maximum atomic E-state index is 10.8. The number of aldehydes is 1. The third-order valence-electron chi connectivity index (χ3n) is 2.55. The Bertz CT molecular complexity index is 331. The number of nitrogens with zero attached hydrogens (tertiary/aromatic N) is 3. The lowest BCUT2D eigenvalue weighted by Crippen LogP contribution is -2.09. The van der Waals surface area contributed by atoms with E-state index in [0.717, 1.165) is 31.4 Å². The fraction of sp³-hybridized carbons (Fsp3) is 0.750. The van der Waals surface area contributed by atoms with Gasteiger partial charge >= 0.3 is 0 Å². The second kappa shape index (κ2) is 6.40. The van der Waals surface area contributed by atoms with Crippen molar-refractivity contribution in [3.63, 3.8) is 0 Å². The Hall–Kier alpha value is -1.19. The van der Waals surface area contributed by atoms with Crippen molar-refractivity contribution in [1.29, 1.82) is 0 Å². The number of carbonyl (C=O) groups excluding carboxylic acids is 1. The van der Waals surface area contributed by atoms with Gasteiger partial charge in [0.05, 0.1) is 5.69 Å². The van der Waals surface area contributed by atoms with E-state index in [1.54, 1.807) is 0 Å². The lowest BCUT2D eigenvalue weighted by atomic mass is 10.1. The molecule has 1 aromatic heterocycles. The summed E-state index contributed by atoms with van der Waals surface area (Å²) in [5.74, 6) is 0.516. The van der Waals surface area contributed by atoms with Crippen LogP contribution in [0, 0.1) is 5.92 Å². The molecule has 0 aromatic carbocycles. The molecule has 1 heterocycles. The van der Waals surface area contributed by atoms with Crippen molar-refractivity contribution in [2.75, 3.05) is 0 Å². The Morgan fingerprint density at radius 2 is 2.12 bits per heavy atom. The Balaban J connectivity index is 2.74. The molecule has 0 N–H and O–H groups in total. The first-order valence-corrected chi connectivity index (χ1v) is 6.06. The van der Waals surface area contributed by atoms with Crippen LogP contribution < -0.4 is 0 Å². The molecule has 0 saturated carbocycles. The van der Waals surface area contributed by atoms with Crippen molar-refractivity contribution in [1.82, 2.24) is 15.0 Å². The van der Waals surface area contributed by atoms with Gasteiger partial charge in [-0.1, -0.05) is 38.8 Å². The molecule has 0 aliphatic carbocycles. The van der Waals surface area contributed by atoms with E-state index in [9.17, 15) is 4.79 Å². The molecule has 4 heteroatoms. The van der Waals surface area contributed by atoms with Crippen molar-refractivity contribution < 1.29 is 4.79 Å². The fourth-order valence-electron chi connectivity index (χ4n) is 1.73. The predicted octanol–water partition coefficient (Wildman–Crippen LogP) is 2.48. The summed E-state index contributed by atoms with van der Waals surface area (Å²) in [4.78, 5) is 10.8. The van der Waals surface area contributed by atoms with Crippen LogP contribution in [0.25, 0.3) is 0 Å². The minimum Gasteiger partial charge on any atom is -0.296 e. The topological polar surface area (TPSA) is 47.8 Å². The van der Waals surface area contributed by atoms with E-state index in [1.807, 2.05) is 4.68 Å². The third-order valence-corrected chi connectivity index (χ3v) is 2.55. The summed E-state index contributed by atoms with van der Waals surface area (Å²) in [6.45, 7) is 7.32. The molecule has 0 aliphatic rings. The smallest absolute Gasteiger partial charge is 0.172 e. The van der Waals surface area contributed by atoms with Crippen LogP contribution in [-0.4, -0.2) is 21.3 Å². The summed E-state index contributed by atoms with van der Waals surface area (Å²) in [7, 11) is 0. The Labute approximate surface area is 97.0 Å². The van der Waals surface area contributed by atoms with Gasteiger partial charge in [0.15, 0.2) is 6.29 Å². The highest BCUT2D eigenvalue weighted by atomic mass is 16.1. The summed E-state index contributed by atoms with van der Waals surface area (Å²) >= 11 is 0. The number of unbranched alkanes of at least 4 members (excludes halogenated alkanes) is 2. The number of hydrogen-bond acceptors (Lipinski definition) is 3. The summed E-state index contributed by atoms with van der Waals surface area (Å²) < 4.78 is 1.89. The zero-order chi connectivity index (χ0) is 12.0. The summed E-state index contributed by atoms with van der Waals surface area (Å²) in [5.41, 5.74) is 1.49. The monoisotopic (exact) mass is 223 g/mol. The van der Waals surface area contributed by atoms with Crippen LogP contribution in [0.4, 0.5) is 0 Å². The zero-order valence-electron chi connectivity index (χ0n) is 10.4. The number of carbonyl (C=O) groups is 1. The zero-order valence-corrected chi connectivity index (χ0v) is 10.4. The van der Waals surface area contributed by atoms with Crippen molar-refractivity contribution in [2.24, 2.45) is 5.92 Å². The van der Waals surface area contributed by atoms with Gasteiger partial charge in [-0.25, -0.2) is 4.68 Å². The number of rotatable bonds is 7. The molecule has 0 fully saturated rings. The van der Waals surface area contributed by atoms with Gasteiger partial charge in [-0.2, -0.15) is 0 Å². The van der Waals surface area contributed by atoms with Crippen LogP contribution in [0.5, 0.6) is 0 Å². The first-order valence-electron chi connectivity index (χ1n) is 6.06. The Kier molecular flexibility index (Phi) is 5.15. The molecule has 0 amide bonds. The molecule has 0 saturated heterocycles. The molecule has 1 aromatic rings. The van der Waals surface area contributed by atoms with E-state index in [2.05, 4.69) is 31.1 Å². The molecule has 1 rings (SSSR count). The number of aromatic nitrogens is 3. The third kappa shape index (κ3) is 3.43. The Morgan fingerprint density at radius 1 is 1.38 bits per heavy atom. The second-order valence-electron chi connectivity index (χ2n) is 4.57. The van der Waals surface area contributed by atoms with Crippen molar-refractivity contribution >= 4 is 6.29 Å². The molecule has 0 aliphatic heterocycles. The molecular formula is C12H21N3O. The molecule has 0 bridgehead atoms. The van der Waals surface area contributed by atoms with Crippen molar-refractivity contribution in [3.05, 3.63) is 11.4 Å². The molecule has 0 radical (unpaired) electrons. The van der Waals surface area contributed by atoms with Crippen LogP contribution in [0.3, 0.4) is 0 Å². The predicted molar refractivity (Wildman–Crippen MR) is 63.5 cm³/mol. The molecule has 4 nitrogen and oxygen atoms in total. The van der Waals surface area contributed by atoms with Gasteiger partial charge in [0.1, 0.15) is 5.69 Å². The molecule has 90 valence electrons. The van der Waals surface area contributed by atoms with Gasteiger partial charge in [-0.05, 0) is 18.8 Å². The molecule has 0 spiro atoms. The summed E-state index contributed by atoms with van der Waals surface area (Å²) in [6.07, 6.45) is 5.16. The minimum atomic E-state index is 0.505. The lowest BCUT2D eigenvalue weighted by Gasteiger charge is -2.08. The highest BCUT2D eigenvalue weighted by Crippen LogP contribution is 2.11. The maximum absolute atomic E-state index is 10.8. The van der Waals surface area contributed by atoms with Gasteiger partial charge in [0, 0.05) is 6.54 Å². The van der Waals surface area contributed by atoms with Crippen molar-refractivity contribution in [3.8, 4) is 0 Å². The van der Waals surface area contributed by atoms with E-state index in [0.29, 0.717) is 11.6 Å². The van der Waals surface area contributed by atoms with E-state index in [1.165, 1.54) is 12.8 Å². The van der Waals surface area contributed by atoms with E-state index in [4.69, 9.17) is 0 Å². The van der Waals surface area contributed by atoms with Gasteiger partial charge in [0.2, 0.25) is 0 Å². The van der Waals surface area contributed by atoms with Gasteiger partial charge in [-0.3, -0.25) is 4.79 Å². The number of aryl methyl sites for hydroxylation is 1. The van der Waals surface area contributed by atoms with Gasteiger partial charge in [0.25, 0.3) is 0 Å². The van der Waals surface area contributed by atoms with Crippen LogP contribution in [0.2, 0.25) is 0 Å². The van der Waals surface area contributed by atoms with Gasteiger partial charge in [-0.15, -0.1) is 5.10 Å². The summed E-state index contributed by atoms with van der Waals surface area (Å²) in [5, 5.41) is 7.96. The quantitative estimate of drug-likeness (QED) is 0.527. The van der Waals surface area contributed by atoms with E-state index >= 15 is 0 Å².